The SMILES string of the molecule is CC(=O)C(O)C(O)C(O)OCCOc1ccc(O)c(O)c1.CC(=O)COc1ccc(O)c(O)c1.CCC(=O)Oc1ccc(O)c(O)c1.CCC(O)C(O)C(O)COC(=O)COc1ccc(O)c(O)c1.CCC(O)C(O)C(O)COCC(=O)Oc1ccc(O)c(O)c1.CCC(O)C(O)C(O)OCCOc1ccc(O)c(O)c1.CCCOc1ccc(O)c(O)c1. The van der Waals surface area contributed by atoms with Gasteiger partial charge in [-0.1, -0.05) is 34.6 Å². The maximum atomic E-state index is 11.5. The third-order valence-electron chi connectivity index (χ3n) is 15.4. The number of carbonyl (C=O) groups is 5. The number of phenols is 14. The molecule has 0 bridgehead atoms. The average Bonchev–Trinajstić information content (AvgIpc) is 0.901. The highest BCUT2D eigenvalue weighted by Gasteiger charge is 2.30. The predicted molar refractivity (Wildman–Crippen MR) is 426 cm³/mol. The number of Topliss-reactive ketones (excluding diaryl/α,β-unsaturated/α-hetero) is 2. The normalized spacial score (nSPS) is 13.5. The van der Waals surface area contributed by atoms with E-state index < -0.39 is 123 Å². The molecule has 0 fully saturated rings. The minimum Gasteiger partial charge on any atom is -0.504 e. The summed E-state index contributed by atoms with van der Waals surface area (Å²) >= 11 is 0. The Morgan fingerprint density at radius 2 is 0.585 bits per heavy atom. The largest absolute Gasteiger partial charge is 0.504 e. The molecule has 12 unspecified atom stereocenters. The van der Waals surface area contributed by atoms with E-state index in [9.17, 15) is 106 Å². The van der Waals surface area contributed by atoms with Crippen LogP contribution in [0.4, 0.5) is 0 Å². The van der Waals surface area contributed by atoms with Crippen LogP contribution in [0.3, 0.4) is 0 Å². The lowest BCUT2D eigenvalue weighted by Crippen LogP contribution is -2.43. The first-order valence-corrected chi connectivity index (χ1v) is 37.3. The molecule has 0 aliphatic rings. The number of hydrogen-bond donors (Lipinski definition) is 26. The van der Waals surface area contributed by atoms with Crippen LogP contribution in [0.2, 0.25) is 0 Å². The van der Waals surface area contributed by atoms with Crippen LogP contribution in [0.5, 0.6) is 121 Å². The van der Waals surface area contributed by atoms with Gasteiger partial charge >= 0.3 is 17.9 Å². The highest BCUT2D eigenvalue weighted by molar-refractivity contribution is 5.81. The molecular weight excluding hydrogens is 1640 g/mol. The van der Waals surface area contributed by atoms with E-state index in [4.69, 9.17) is 103 Å². The number of carbonyl (C=O) groups excluding carboxylic acids is 5. The van der Waals surface area contributed by atoms with E-state index in [0.717, 1.165) is 31.5 Å². The summed E-state index contributed by atoms with van der Waals surface area (Å²) in [5, 5.41) is 240. The van der Waals surface area contributed by atoms with E-state index in [1.54, 1.807) is 33.8 Å². The van der Waals surface area contributed by atoms with Crippen molar-refractivity contribution in [1.82, 2.24) is 0 Å². The molecular formula is C81H110O42. The number of ketones is 2. The van der Waals surface area contributed by atoms with Crippen LogP contribution in [0.15, 0.2) is 127 Å². The fourth-order valence-corrected chi connectivity index (χ4v) is 8.37. The smallest absolute Gasteiger partial charge is 0.344 e. The Balaban J connectivity index is 0.000000726. The third kappa shape index (κ3) is 44.3. The molecule has 0 aliphatic carbocycles. The first-order chi connectivity index (χ1) is 57.9. The van der Waals surface area contributed by atoms with Gasteiger partial charge in [-0.05, 0) is 124 Å². The van der Waals surface area contributed by atoms with E-state index in [0.29, 0.717) is 30.3 Å². The van der Waals surface area contributed by atoms with Crippen molar-refractivity contribution < 1.29 is 209 Å². The van der Waals surface area contributed by atoms with Crippen molar-refractivity contribution in [1.29, 1.82) is 0 Å². The van der Waals surface area contributed by atoms with E-state index in [1.807, 2.05) is 6.92 Å². The van der Waals surface area contributed by atoms with Crippen LogP contribution < -0.4 is 33.2 Å². The zero-order chi connectivity index (χ0) is 93.2. The van der Waals surface area contributed by atoms with Crippen molar-refractivity contribution in [3.05, 3.63) is 127 Å². The molecule has 0 amide bonds. The van der Waals surface area contributed by atoms with Gasteiger partial charge in [-0.2, -0.15) is 0 Å². The van der Waals surface area contributed by atoms with Gasteiger partial charge in [0, 0.05) is 48.9 Å². The Morgan fingerprint density at radius 3 is 0.902 bits per heavy atom. The van der Waals surface area contributed by atoms with Gasteiger partial charge in [0.2, 0.25) is 0 Å². The van der Waals surface area contributed by atoms with Crippen LogP contribution in [-0.2, 0) is 42.9 Å². The summed E-state index contributed by atoms with van der Waals surface area (Å²) in [6.45, 7) is 9.74. The molecule has 26 N–H and O–H groups in total. The molecule has 7 aromatic rings. The zero-order valence-corrected chi connectivity index (χ0v) is 67.8. The first kappa shape index (κ1) is 109. The second kappa shape index (κ2) is 58.8. The van der Waals surface area contributed by atoms with E-state index in [-0.39, 0.29) is 163 Å². The summed E-state index contributed by atoms with van der Waals surface area (Å²) in [4.78, 5) is 55.0. The Bertz CT molecular complexity index is 4240. The number of ether oxygens (including phenoxy) is 11. The molecule has 686 valence electrons. The fourth-order valence-electron chi connectivity index (χ4n) is 8.37. The molecule has 42 heteroatoms. The predicted octanol–water partition coefficient (Wildman–Crippen LogP) is 2.46. The van der Waals surface area contributed by atoms with Crippen LogP contribution in [0.1, 0.15) is 80.6 Å². The molecule has 0 aliphatic heterocycles. The Labute approximate surface area is 704 Å². The second-order valence-corrected chi connectivity index (χ2v) is 25.5. The lowest BCUT2D eigenvalue weighted by molar-refractivity contribution is -0.191. The van der Waals surface area contributed by atoms with E-state index >= 15 is 0 Å². The van der Waals surface area contributed by atoms with E-state index in [2.05, 4.69) is 0 Å². The van der Waals surface area contributed by atoms with Gasteiger partial charge in [-0.25, -0.2) is 9.59 Å². The molecule has 0 saturated carbocycles. The summed E-state index contributed by atoms with van der Waals surface area (Å²) in [6, 6.07) is 27.3. The zero-order valence-electron chi connectivity index (χ0n) is 67.8. The average molecular weight is 1760 g/mol. The number of rotatable bonds is 40. The van der Waals surface area contributed by atoms with Crippen LogP contribution in [0.25, 0.3) is 0 Å². The monoisotopic (exact) mass is 1750 g/mol. The Hall–Kier alpha value is -12.1. The van der Waals surface area contributed by atoms with Gasteiger partial charge in [0.1, 0.15) is 116 Å². The molecule has 42 nitrogen and oxygen atoms in total. The van der Waals surface area contributed by atoms with Gasteiger partial charge in [-0.15, -0.1) is 0 Å². The van der Waals surface area contributed by atoms with Crippen molar-refractivity contribution >= 4 is 29.5 Å². The van der Waals surface area contributed by atoms with Crippen LogP contribution in [0, 0.1) is 0 Å². The number of benzene rings is 7. The molecule has 0 heterocycles. The highest BCUT2D eigenvalue weighted by Crippen LogP contribution is 2.34. The first-order valence-electron chi connectivity index (χ1n) is 37.3. The van der Waals surface area contributed by atoms with E-state index in [1.165, 1.54) is 110 Å². The maximum absolute atomic E-state index is 11.5. The lowest BCUT2D eigenvalue weighted by Gasteiger charge is -2.22. The van der Waals surface area contributed by atoms with Crippen molar-refractivity contribution in [3.63, 3.8) is 0 Å². The van der Waals surface area contributed by atoms with Gasteiger partial charge in [0.05, 0.1) is 44.7 Å². The quantitative estimate of drug-likeness (QED) is 0.00862. The number of aromatic hydroxyl groups is 14. The standard InChI is InChI=1S/2C14H20O8.C13H18O8.C13H20O7.2C9H10O4.C9H12O3/c1-2-9(15)14(20)12(18)6-22-13(19)7-21-8-3-4-10(16)11(17)5-8;1-2-9(15)14(20)12(18)6-21-7-13(19)22-8-3-4-10(16)11(17)5-8;1-7(14)11(17)12(18)13(19)21-5-4-20-8-2-3-9(15)10(16)6-8;1-2-9(14)12(17)13(18)20-6-5-19-8-3-4-10(15)11(16)7-8;1-6(10)5-13-7-2-3-8(11)9(12)4-7;1-2-9(12)13-6-3-4-7(10)8(11)5-6;1-2-5-12-7-3-4-8(10)9(11)6-7/h2*3-5,9,12,14-18,20H,2,6-7H2,1H3;2-3,6,11-13,15-19H,4-5H2,1H3;3-4,7,9,12-18H,2,5-6H2,1H3;2-4,11-12H,5H2,1H3;3-5,10-11H,2H2,1H3;3-4,6,10-11H,2,5H2,1H3. The van der Waals surface area contributed by atoms with Crippen molar-refractivity contribution in [2.24, 2.45) is 0 Å². The third-order valence-corrected chi connectivity index (χ3v) is 15.4. The van der Waals surface area contributed by atoms with Gasteiger partial charge in [0.15, 0.2) is 111 Å². The number of esters is 3. The molecule has 0 saturated heterocycles. The Morgan fingerprint density at radius 1 is 0.293 bits per heavy atom. The summed E-state index contributed by atoms with van der Waals surface area (Å²) in [6.07, 6.45) is -14.8. The maximum Gasteiger partial charge on any atom is 0.344 e. The molecule has 7 rings (SSSR count). The summed E-state index contributed by atoms with van der Waals surface area (Å²) in [5.74, 6) is -4.81. The minimum atomic E-state index is -1.75. The molecule has 0 radical (unpaired) electrons. The van der Waals surface area contributed by atoms with Gasteiger partial charge in [0.25, 0.3) is 0 Å². The Kier molecular flexibility index (Phi) is 52.0. The van der Waals surface area contributed by atoms with Gasteiger partial charge in [-0.3, -0.25) is 14.4 Å². The van der Waals surface area contributed by atoms with Crippen LogP contribution in [-0.4, -0.2) is 302 Å². The van der Waals surface area contributed by atoms with Gasteiger partial charge < -0.3 is 185 Å². The molecule has 7 aromatic carbocycles. The molecule has 0 aromatic heterocycles. The minimum absolute atomic E-state index is 0.0176. The summed E-state index contributed by atoms with van der Waals surface area (Å²) in [5.41, 5.74) is 0. The second-order valence-electron chi connectivity index (χ2n) is 25.5. The summed E-state index contributed by atoms with van der Waals surface area (Å²) < 4.78 is 54.5. The number of aliphatic hydroxyl groups excluding tert-OH is 12. The summed E-state index contributed by atoms with van der Waals surface area (Å²) in [7, 11) is 0. The fraction of sp³-hybridized carbons (Fsp3) is 0.420. The number of aliphatic hydroxyl groups is 12. The van der Waals surface area contributed by atoms with Crippen molar-refractivity contribution in [2.45, 2.75) is 154 Å². The highest BCUT2D eigenvalue weighted by atomic mass is 16.6. The number of hydrogen-bond acceptors (Lipinski definition) is 42. The topological polar surface area (TPSA) is 713 Å². The van der Waals surface area contributed by atoms with Crippen LogP contribution >= 0.6 is 0 Å². The van der Waals surface area contributed by atoms with Crippen molar-refractivity contribution in [2.75, 3.05) is 66.1 Å². The molecule has 0 spiro atoms. The molecule has 12 atom stereocenters. The molecule has 123 heavy (non-hydrogen) atoms. The lowest BCUT2D eigenvalue weighted by atomic mass is 10.1. The van der Waals surface area contributed by atoms with Crippen molar-refractivity contribution in [3.8, 4) is 121 Å². The number of phenolic OH excluding ortho intramolecular Hbond substituents is 14.